The van der Waals surface area contributed by atoms with Gasteiger partial charge in [0.25, 0.3) is 0 Å². The third-order valence-corrected chi connectivity index (χ3v) is 11.5. The Hall–Kier alpha value is -3.38. The summed E-state index contributed by atoms with van der Waals surface area (Å²) in [5, 5.41) is 25.9. The standard InChI is InChI=1S/C37H50Br2N8O4/c38-29-22-26(23-30(39)34(29)48)24-32(43-37(51)47-20-18-45(19-21-47)33-10-3-2-8-27(33)25-41)35(49)42-31(9-4-5-13-40)36(50)46-16-11-28(12-17-46)44-14-6-1-7-15-44/h2-3,8,10,22-23,28,31-32,48H,1,4-7,9,11-21,24,40H2,(H,42,49)(H,43,51)/t31-,32-/m0/s1. The molecule has 276 valence electrons. The van der Waals surface area contributed by atoms with Gasteiger partial charge < -0.3 is 41.1 Å². The molecular weight excluding hydrogens is 780 g/mol. The van der Waals surface area contributed by atoms with E-state index in [1.807, 2.05) is 23.1 Å². The second-order valence-electron chi connectivity index (χ2n) is 13.7. The van der Waals surface area contributed by atoms with Crippen molar-refractivity contribution in [1.82, 2.24) is 25.3 Å². The number of piperidine rings is 2. The Labute approximate surface area is 317 Å². The van der Waals surface area contributed by atoms with Crippen LogP contribution in [0.5, 0.6) is 5.75 Å². The Kier molecular flexibility index (Phi) is 14.4. The van der Waals surface area contributed by atoms with Gasteiger partial charge in [0.05, 0.1) is 20.2 Å². The molecule has 3 aliphatic heterocycles. The topological polar surface area (TPSA) is 158 Å². The summed E-state index contributed by atoms with van der Waals surface area (Å²) in [6.45, 7) is 5.95. The molecule has 2 aromatic carbocycles. The Bertz CT molecular complexity index is 1530. The molecule has 4 amide bonds. The number of carbonyl (C=O) groups is 3. The van der Waals surface area contributed by atoms with E-state index in [4.69, 9.17) is 5.73 Å². The van der Waals surface area contributed by atoms with E-state index in [-0.39, 0.29) is 24.1 Å². The average molecular weight is 831 g/mol. The first kappa shape index (κ1) is 38.8. The first-order valence-corrected chi connectivity index (χ1v) is 19.8. The number of carbonyl (C=O) groups excluding carboxylic acids is 3. The zero-order chi connectivity index (χ0) is 36.3. The van der Waals surface area contributed by atoms with E-state index in [0.29, 0.717) is 84.8 Å². The van der Waals surface area contributed by atoms with E-state index in [9.17, 15) is 24.8 Å². The van der Waals surface area contributed by atoms with Crippen molar-refractivity contribution in [2.75, 3.05) is 63.8 Å². The highest BCUT2D eigenvalue weighted by molar-refractivity contribution is 9.11. The number of halogens is 2. The van der Waals surface area contributed by atoms with E-state index in [0.717, 1.165) is 38.0 Å². The van der Waals surface area contributed by atoms with Crippen molar-refractivity contribution < 1.29 is 19.5 Å². The summed E-state index contributed by atoms with van der Waals surface area (Å²) in [5.41, 5.74) is 7.91. The van der Waals surface area contributed by atoms with Crippen molar-refractivity contribution in [3.8, 4) is 11.8 Å². The Morgan fingerprint density at radius 3 is 2.20 bits per heavy atom. The number of benzene rings is 2. The molecule has 0 aliphatic carbocycles. The van der Waals surface area contributed by atoms with E-state index in [1.54, 1.807) is 23.1 Å². The van der Waals surface area contributed by atoms with E-state index in [2.05, 4.69) is 58.4 Å². The highest BCUT2D eigenvalue weighted by Crippen LogP contribution is 2.34. The van der Waals surface area contributed by atoms with Crippen LogP contribution in [0.2, 0.25) is 0 Å². The van der Waals surface area contributed by atoms with Crippen molar-refractivity contribution >= 4 is 55.4 Å². The van der Waals surface area contributed by atoms with Crippen LogP contribution in [-0.2, 0) is 16.0 Å². The van der Waals surface area contributed by atoms with E-state index >= 15 is 0 Å². The van der Waals surface area contributed by atoms with Crippen molar-refractivity contribution in [3.63, 3.8) is 0 Å². The van der Waals surface area contributed by atoms with Crippen molar-refractivity contribution in [3.05, 3.63) is 56.5 Å². The van der Waals surface area contributed by atoms with Gasteiger partial charge in [-0.2, -0.15) is 5.26 Å². The largest absolute Gasteiger partial charge is 0.506 e. The number of nitrogens with two attached hydrogens (primary N) is 1. The summed E-state index contributed by atoms with van der Waals surface area (Å²) in [6, 6.07) is 11.5. The molecule has 0 aromatic heterocycles. The zero-order valence-corrected chi connectivity index (χ0v) is 32.3. The lowest BCUT2D eigenvalue weighted by atomic mass is 9.98. The molecule has 2 aromatic rings. The first-order chi connectivity index (χ1) is 24.7. The number of unbranched alkanes of at least 4 members (excludes halogenated alkanes) is 1. The van der Waals surface area contributed by atoms with Crippen LogP contribution < -0.4 is 21.3 Å². The smallest absolute Gasteiger partial charge is 0.318 e. The SMILES string of the molecule is N#Cc1ccccc1N1CCN(C(=O)N[C@@H](Cc2cc(Br)c(O)c(Br)c2)C(=O)N[C@@H](CCCCN)C(=O)N2CCC(N3CCCCC3)CC2)CC1. The highest BCUT2D eigenvalue weighted by Gasteiger charge is 2.34. The van der Waals surface area contributed by atoms with Crippen molar-refractivity contribution in [2.24, 2.45) is 5.73 Å². The third kappa shape index (κ3) is 10.4. The second kappa shape index (κ2) is 18.9. The molecule has 0 saturated carbocycles. The summed E-state index contributed by atoms with van der Waals surface area (Å²) < 4.78 is 0.905. The van der Waals surface area contributed by atoms with Crippen LogP contribution in [0.1, 0.15) is 62.5 Å². The number of phenolic OH excluding ortho intramolecular Hbond substituents is 1. The van der Waals surface area contributed by atoms with E-state index in [1.165, 1.54) is 19.3 Å². The Morgan fingerprint density at radius 2 is 1.55 bits per heavy atom. The van der Waals surface area contributed by atoms with Crippen molar-refractivity contribution in [1.29, 1.82) is 5.26 Å². The minimum atomic E-state index is -0.993. The quantitative estimate of drug-likeness (QED) is 0.231. The van der Waals surface area contributed by atoms with Crippen LogP contribution in [0, 0.1) is 11.3 Å². The summed E-state index contributed by atoms with van der Waals surface area (Å²) in [7, 11) is 0. The molecule has 3 heterocycles. The number of aromatic hydroxyl groups is 1. The van der Waals surface area contributed by atoms with Crippen LogP contribution in [0.4, 0.5) is 10.5 Å². The number of phenols is 1. The molecule has 3 saturated heterocycles. The number of nitriles is 1. The molecule has 2 atom stereocenters. The number of hydrogen-bond donors (Lipinski definition) is 4. The first-order valence-electron chi connectivity index (χ1n) is 18.2. The molecule has 51 heavy (non-hydrogen) atoms. The molecule has 0 unspecified atom stereocenters. The number of urea groups is 1. The lowest BCUT2D eigenvalue weighted by molar-refractivity contribution is -0.138. The van der Waals surface area contributed by atoms with Gasteiger partial charge in [-0.1, -0.05) is 18.6 Å². The molecule has 3 fully saturated rings. The second-order valence-corrected chi connectivity index (χ2v) is 15.4. The fourth-order valence-electron chi connectivity index (χ4n) is 7.39. The number of amides is 4. The van der Waals surface area contributed by atoms with Gasteiger partial charge in [0, 0.05) is 51.7 Å². The van der Waals surface area contributed by atoms with Crippen LogP contribution in [0.15, 0.2) is 45.3 Å². The molecular formula is C37H50Br2N8O4. The van der Waals surface area contributed by atoms with Crippen molar-refractivity contribution in [2.45, 2.75) is 75.9 Å². The maximum Gasteiger partial charge on any atom is 0.318 e. The molecule has 14 heteroatoms. The fraction of sp³-hybridized carbons (Fsp3) is 0.568. The lowest BCUT2D eigenvalue weighted by Gasteiger charge is -2.41. The molecule has 0 spiro atoms. The minimum Gasteiger partial charge on any atom is -0.506 e. The molecule has 3 aliphatic rings. The minimum absolute atomic E-state index is 0.0363. The summed E-state index contributed by atoms with van der Waals surface area (Å²) in [4.78, 5) is 50.1. The molecule has 0 radical (unpaired) electrons. The molecule has 5 rings (SSSR count). The summed E-state index contributed by atoms with van der Waals surface area (Å²) >= 11 is 6.75. The predicted molar refractivity (Wildman–Crippen MR) is 204 cm³/mol. The fourth-order valence-corrected chi connectivity index (χ4v) is 8.67. The van der Waals surface area contributed by atoms with E-state index < -0.39 is 18.0 Å². The van der Waals surface area contributed by atoms with Gasteiger partial charge in [-0.25, -0.2) is 4.79 Å². The normalized spacial score (nSPS) is 18.5. The van der Waals surface area contributed by atoms with Gasteiger partial charge in [0.2, 0.25) is 11.8 Å². The van der Waals surface area contributed by atoms with Gasteiger partial charge in [-0.05, 0) is 126 Å². The number of piperazine rings is 1. The van der Waals surface area contributed by atoms with Gasteiger partial charge in [0.1, 0.15) is 23.9 Å². The summed E-state index contributed by atoms with van der Waals surface area (Å²) in [6.07, 6.45) is 7.61. The van der Waals surface area contributed by atoms with Crippen LogP contribution >= 0.6 is 31.9 Å². The number of hydrogen-bond acceptors (Lipinski definition) is 8. The van der Waals surface area contributed by atoms with Crippen LogP contribution in [-0.4, -0.2) is 115 Å². The summed E-state index contributed by atoms with van der Waals surface area (Å²) in [5.74, 6) is -0.500. The number of nitrogens with one attached hydrogen (secondary N) is 2. The number of anilines is 1. The Morgan fingerprint density at radius 1 is 0.882 bits per heavy atom. The van der Waals surface area contributed by atoms with Gasteiger partial charge in [-0.15, -0.1) is 0 Å². The van der Waals surface area contributed by atoms with Crippen LogP contribution in [0.3, 0.4) is 0 Å². The zero-order valence-electron chi connectivity index (χ0n) is 29.2. The highest BCUT2D eigenvalue weighted by atomic mass is 79.9. The number of para-hydroxylation sites is 1. The number of nitrogens with zero attached hydrogens (tertiary/aromatic N) is 5. The third-order valence-electron chi connectivity index (χ3n) is 10.3. The predicted octanol–water partition coefficient (Wildman–Crippen LogP) is 4.32. The van der Waals surface area contributed by atoms with Crippen LogP contribution in [0.25, 0.3) is 0 Å². The number of likely N-dealkylation sites (tertiary alicyclic amines) is 2. The van der Waals surface area contributed by atoms with Gasteiger partial charge >= 0.3 is 6.03 Å². The molecule has 0 bridgehead atoms. The van der Waals surface area contributed by atoms with Gasteiger partial charge in [0.15, 0.2) is 0 Å². The van der Waals surface area contributed by atoms with Gasteiger partial charge in [-0.3, -0.25) is 9.59 Å². The molecule has 12 nitrogen and oxygen atoms in total. The average Bonchev–Trinajstić information content (AvgIpc) is 3.16. The monoisotopic (exact) mass is 828 g/mol. The Balaban J connectivity index is 1.27. The number of rotatable bonds is 12. The maximum atomic E-state index is 14.1. The lowest BCUT2D eigenvalue weighted by Crippen LogP contribution is -2.59. The maximum absolute atomic E-state index is 14.1. The molecule has 5 N–H and O–H groups in total.